The summed E-state index contributed by atoms with van der Waals surface area (Å²) in [6.45, 7) is 1.68. The van der Waals surface area contributed by atoms with Crippen molar-refractivity contribution in [1.29, 1.82) is 0 Å². The molecule has 0 spiro atoms. The van der Waals surface area contributed by atoms with Gasteiger partial charge in [0.25, 0.3) is 5.91 Å². The van der Waals surface area contributed by atoms with Crippen LogP contribution in [0.25, 0.3) is 0 Å². The molecule has 0 bridgehead atoms. The van der Waals surface area contributed by atoms with E-state index >= 15 is 0 Å². The number of amides is 1. The molecule has 1 amide bonds. The predicted octanol–water partition coefficient (Wildman–Crippen LogP) is 2.10. The van der Waals surface area contributed by atoms with Gasteiger partial charge in [-0.05, 0) is 34.4 Å². The Hall–Kier alpha value is -1.88. The SMILES string of the molecule is Cl.O=C(N[C@H]1c2ccccc2C[C@H]1O)c1ccc2c(c1)CNC2. The van der Waals surface area contributed by atoms with Gasteiger partial charge >= 0.3 is 0 Å². The van der Waals surface area contributed by atoms with Gasteiger partial charge in [0.2, 0.25) is 0 Å². The molecule has 1 heterocycles. The van der Waals surface area contributed by atoms with Crippen LogP contribution in [-0.4, -0.2) is 17.1 Å². The maximum absolute atomic E-state index is 12.5. The molecule has 3 N–H and O–H groups in total. The van der Waals surface area contributed by atoms with Gasteiger partial charge in [-0.15, -0.1) is 12.4 Å². The monoisotopic (exact) mass is 330 g/mol. The summed E-state index contributed by atoms with van der Waals surface area (Å²) in [5.74, 6) is -0.129. The summed E-state index contributed by atoms with van der Waals surface area (Å²) in [6, 6.07) is 13.4. The Kier molecular flexibility index (Phi) is 4.39. The highest BCUT2D eigenvalue weighted by molar-refractivity contribution is 5.95. The van der Waals surface area contributed by atoms with E-state index < -0.39 is 6.10 Å². The lowest BCUT2D eigenvalue weighted by Gasteiger charge is -2.18. The second-order valence-electron chi connectivity index (χ2n) is 6.01. The molecule has 0 fully saturated rings. The summed E-state index contributed by atoms with van der Waals surface area (Å²) in [7, 11) is 0. The molecule has 4 nitrogen and oxygen atoms in total. The van der Waals surface area contributed by atoms with Crippen LogP contribution in [0.2, 0.25) is 0 Å². The van der Waals surface area contributed by atoms with Crippen LogP contribution in [0.5, 0.6) is 0 Å². The summed E-state index contributed by atoms with van der Waals surface area (Å²) in [5.41, 5.74) is 5.21. The number of hydrogen-bond acceptors (Lipinski definition) is 3. The molecular weight excluding hydrogens is 312 g/mol. The molecule has 120 valence electrons. The highest BCUT2D eigenvalue weighted by atomic mass is 35.5. The lowest BCUT2D eigenvalue weighted by Crippen LogP contribution is -2.33. The third kappa shape index (κ3) is 2.85. The molecule has 2 aromatic carbocycles. The first-order valence-electron chi connectivity index (χ1n) is 7.61. The Morgan fingerprint density at radius 3 is 2.74 bits per heavy atom. The standard InChI is InChI=1S/C18H18N2O2.ClH/c21-16-8-11-3-1-2-4-15(11)17(16)20-18(22)12-5-6-13-9-19-10-14(13)7-12;/h1-7,16-17,19,21H,8-10H2,(H,20,22);1H/t16-,17+;/m1./s1. The van der Waals surface area contributed by atoms with Crippen molar-refractivity contribution < 1.29 is 9.90 Å². The lowest BCUT2D eigenvalue weighted by molar-refractivity contribution is 0.0858. The molecule has 1 aliphatic carbocycles. The van der Waals surface area contributed by atoms with E-state index in [1.54, 1.807) is 0 Å². The van der Waals surface area contributed by atoms with Crippen LogP contribution >= 0.6 is 12.4 Å². The smallest absolute Gasteiger partial charge is 0.251 e. The van der Waals surface area contributed by atoms with Crippen molar-refractivity contribution in [3.05, 3.63) is 70.3 Å². The van der Waals surface area contributed by atoms with Gasteiger partial charge in [0, 0.05) is 25.1 Å². The topological polar surface area (TPSA) is 61.4 Å². The molecule has 23 heavy (non-hydrogen) atoms. The summed E-state index contributed by atoms with van der Waals surface area (Å²) >= 11 is 0. The first kappa shape index (κ1) is 16.0. The Bertz CT molecular complexity index is 748. The van der Waals surface area contributed by atoms with Crippen LogP contribution in [0.4, 0.5) is 0 Å². The largest absolute Gasteiger partial charge is 0.390 e. The van der Waals surface area contributed by atoms with Crippen LogP contribution in [0, 0.1) is 0 Å². The van der Waals surface area contributed by atoms with Gasteiger partial charge in [-0.2, -0.15) is 0 Å². The van der Waals surface area contributed by atoms with Crippen LogP contribution in [0.1, 0.15) is 38.7 Å². The number of carbonyl (C=O) groups is 1. The molecule has 0 saturated heterocycles. The Labute approximate surface area is 141 Å². The van der Waals surface area contributed by atoms with Crippen LogP contribution < -0.4 is 10.6 Å². The van der Waals surface area contributed by atoms with Gasteiger partial charge in [0.15, 0.2) is 0 Å². The van der Waals surface area contributed by atoms with Gasteiger partial charge < -0.3 is 15.7 Å². The number of carbonyl (C=O) groups excluding carboxylic acids is 1. The zero-order valence-corrected chi connectivity index (χ0v) is 13.4. The molecule has 2 aliphatic rings. The fourth-order valence-corrected chi connectivity index (χ4v) is 3.41. The first-order chi connectivity index (χ1) is 10.7. The maximum atomic E-state index is 12.5. The number of halogens is 1. The normalized spacial score (nSPS) is 21.3. The Morgan fingerprint density at radius 2 is 1.87 bits per heavy atom. The van der Waals surface area contributed by atoms with Crippen molar-refractivity contribution in [2.75, 3.05) is 0 Å². The predicted molar refractivity (Wildman–Crippen MR) is 90.6 cm³/mol. The van der Waals surface area contributed by atoms with Crippen molar-refractivity contribution in [3.63, 3.8) is 0 Å². The summed E-state index contributed by atoms with van der Waals surface area (Å²) < 4.78 is 0. The lowest BCUT2D eigenvalue weighted by atomic mass is 10.0. The molecule has 2 aromatic rings. The van der Waals surface area contributed by atoms with E-state index in [4.69, 9.17) is 0 Å². The number of aliphatic hydroxyl groups excluding tert-OH is 1. The van der Waals surface area contributed by atoms with Crippen LogP contribution in [0.3, 0.4) is 0 Å². The molecular formula is C18H19ClN2O2. The first-order valence-corrected chi connectivity index (χ1v) is 7.61. The number of fused-ring (bicyclic) bond motifs is 2. The van der Waals surface area contributed by atoms with Crippen LogP contribution in [0.15, 0.2) is 42.5 Å². The highest BCUT2D eigenvalue weighted by Crippen LogP contribution is 2.31. The minimum Gasteiger partial charge on any atom is -0.390 e. The average Bonchev–Trinajstić information content (AvgIpc) is 3.11. The third-order valence-electron chi connectivity index (χ3n) is 4.59. The fraction of sp³-hybridized carbons (Fsp3) is 0.278. The zero-order chi connectivity index (χ0) is 15.1. The molecule has 5 heteroatoms. The quantitative estimate of drug-likeness (QED) is 0.790. The van der Waals surface area contributed by atoms with E-state index in [0.717, 1.165) is 24.2 Å². The van der Waals surface area contributed by atoms with Gasteiger partial charge in [-0.25, -0.2) is 0 Å². The third-order valence-corrected chi connectivity index (χ3v) is 4.59. The number of hydrogen-bond donors (Lipinski definition) is 3. The summed E-state index contributed by atoms with van der Waals surface area (Å²) in [4.78, 5) is 12.5. The minimum absolute atomic E-state index is 0. The molecule has 0 radical (unpaired) electrons. The molecule has 4 rings (SSSR count). The molecule has 2 atom stereocenters. The Balaban J connectivity index is 0.00000156. The van der Waals surface area contributed by atoms with Gasteiger partial charge in [-0.3, -0.25) is 4.79 Å². The molecule has 0 saturated carbocycles. The maximum Gasteiger partial charge on any atom is 0.251 e. The van der Waals surface area contributed by atoms with Crippen molar-refractivity contribution in [2.24, 2.45) is 0 Å². The van der Waals surface area contributed by atoms with Crippen molar-refractivity contribution in [1.82, 2.24) is 10.6 Å². The average molecular weight is 331 g/mol. The van der Waals surface area contributed by atoms with Gasteiger partial charge in [0.1, 0.15) is 0 Å². The fourth-order valence-electron chi connectivity index (χ4n) is 3.41. The summed E-state index contributed by atoms with van der Waals surface area (Å²) in [5, 5.41) is 16.5. The minimum atomic E-state index is -0.558. The van der Waals surface area contributed by atoms with Gasteiger partial charge in [-0.1, -0.05) is 30.3 Å². The number of benzene rings is 2. The van der Waals surface area contributed by atoms with Crippen molar-refractivity contribution >= 4 is 18.3 Å². The number of rotatable bonds is 2. The van der Waals surface area contributed by atoms with E-state index in [2.05, 4.69) is 10.6 Å². The highest BCUT2D eigenvalue weighted by Gasteiger charge is 2.32. The molecule has 0 unspecified atom stereocenters. The second-order valence-corrected chi connectivity index (χ2v) is 6.01. The number of nitrogens with one attached hydrogen (secondary N) is 2. The molecule has 0 aromatic heterocycles. The van der Waals surface area contributed by atoms with E-state index in [9.17, 15) is 9.90 Å². The van der Waals surface area contributed by atoms with E-state index in [-0.39, 0.29) is 24.4 Å². The van der Waals surface area contributed by atoms with Crippen molar-refractivity contribution in [2.45, 2.75) is 31.7 Å². The second kappa shape index (κ2) is 6.32. The Morgan fingerprint density at radius 1 is 1.09 bits per heavy atom. The van der Waals surface area contributed by atoms with Crippen molar-refractivity contribution in [3.8, 4) is 0 Å². The van der Waals surface area contributed by atoms with Gasteiger partial charge in [0.05, 0.1) is 12.1 Å². The number of aliphatic hydroxyl groups is 1. The van der Waals surface area contributed by atoms with Crippen LogP contribution in [-0.2, 0) is 19.5 Å². The molecule has 1 aliphatic heterocycles. The zero-order valence-electron chi connectivity index (χ0n) is 12.6. The summed E-state index contributed by atoms with van der Waals surface area (Å²) in [6.07, 6.45) is 0.0346. The van der Waals surface area contributed by atoms with E-state index in [1.165, 1.54) is 11.1 Å². The van der Waals surface area contributed by atoms with E-state index in [1.807, 2.05) is 42.5 Å². The van der Waals surface area contributed by atoms with E-state index in [0.29, 0.717) is 12.0 Å².